The van der Waals surface area contributed by atoms with Gasteiger partial charge in [-0.25, -0.2) is 4.79 Å². The maximum Gasteiger partial charge on any atom is 0.338 e. The molecule has 2 rings (SSSR count). The highest BCUT2D eigenvalue weighted by Crippen LogP contribution is 2.34. The number of aromatic hydroxyl groups is 1. The highest BCUT2D eigenvalue weighted by Gasteiger charge is 2.20. The van der Waals surface area contributed by atoms with E-state index in [2.05, 4.69) is 0 Å². The van der Waals surface area contributed by atoms with Crippen LogP contribution in [-0.2, 0) is 11.2 Å². The molecule has 0 saturated carbocycles. The number of ether oxygens (including phenoxy) is 2. The van der Waals surface area contributed by atoms with Crippen molar-refractivity contribution in [2.75, 3.05) is 13.2 Å². The lowest BCUT2D eigenvalue weighted by Crippen LogP contribution is -2.04. The maximum absolute atomic E-state index is 11.4. The van der Waals surface area contributed by atoms with E-state index >= 15 is 0 Å². The first kappa shape index (κ1) is 13.4. The van der Waals surface area contributed by atoms with Crippen molar-refractivity contribution in [2.24, 2.45) is 0 Å². The molecule has 1 aromatic carbocycles. The Balaban J connectivity index is 0.000000686. The fraction of sp³-hybridized carbons (Fsp3) is 0.462. The van der Waals surface area contributed by atoms with Crippen LogP contribution in [0.5, 0.6) is 11.5 Å². The van der Waals surface area contributed by atoms with E-state index < -0.39 is 5.97 Å². The number of esters is 1. The van der Waals surface area contributed by atoms with Gasteiger partial charge in [-0.3, -0.25) is 0 Å². The average molecular weight is 238 g/mol. The molecule has 0 spiro atoms. The number of phenolic OH excluding ortho intramolecular Hbond substituents is 1. The van der Waals surface area contributed by atoms with Crippen LogP contribution in [0.4, 0.5) is 0 Å². The van der Waals surface area contributed by atoms with Gasteiger partial charge in [0.2, 0.25) is 0 Å². The van der Waals surface area contributed by atoms with Crippen LogP contribution in [-0.4, -0.2) is 24.3 Å². The van der Waals surface area contributed by atoms with Gasteiger partial charge in [-0.15, -0.1) is 0 Å². The molecule has 0 unspecified atom stereocenters. The van der Waals surface area contributed by atoms with E-state index in [1.807, 2.05) is 13.8 Å². The zero-order valence-electron chi connectivity index (χ0n) is 10.4. The smallest absolute Gasteiger partial charge is 0.338 e. The summed E-state index contributed by atoms with van der Waals surface area (Å²) in [7, 11) is 0. The molecule has 0 fully saturated rings. The fourth-order valence-electron chi connectivity index (χ4n) is 1.61. The Bertz CT molecular complexity index is 399. The number of rotatable bonds is 2. The summed E-state index contributed by atoms with van der Waals surface area (Å²) in [6.07, 6.45) is 0.685. The number of carbonyl (C=O) groups is 1. The largest absolute Gasteiger partial charge is 0.508 e. The average Bonchev–Trinajstić information content (AvgIpc) is 2.80. The second-order valence-corrected chi connectivity index (χ2v) is 3.29. The van der Waals surface area contributed by atoms with Crippen molar-refractivity contribution in [1.29, 1.82) is 0 Å². The molecule has 1 aliphatic rings. The van der Waals surface area contributed by atoms with Gasteiger partial charge in [0.05, 0.1) is 18.8 Å². The summed E-state index contributed by atoms with van der Waals surface area (Å²) in [5.41, 5.74) is 1.10. The van der Waals surface area contributed by atoms with Gasteiger partial charge in [0.1, 0.15) is 11.5 Å². The SMILES string of the molecule is CC.CCOC(=O)c1cc(O)c2c(c1)OCC2. The number of phenols is 1. The van der Waals surface area contributed by atoms with E-state index in [0.717, 1.165) is 5.56 Å². The molecule has 0 bridgehead atoms. The van der Waals surface area contributed by atoms with Gasteiger partial charge in [0.15, 0.2) is 0 Å². The maximum atomic E-state index is 11.4. The van der Waals surface area contributed by atoms with Gasteiger partial charge >= 0.3 is 5.97 Å². The van der Waals surface area contributed by atoms with Crippen molar-refractivity contribution in [3.05, 3.63) is 23.3 Å². The van der Waals surface area contributed by atoms with E-state index in [4.69, 9.17) is 9.47 Å². The van der Waals surface area contributed by atoms with Crippen LogP contribution >= 0.6 is 0 Å². The van der Waals surface area contributed by atoms with Crippen LogP contribution in [0.25, 0.3) is 0 Å². The third-order valence-corrected chi connectivity index (χ3v) is 2.31. The summed E-state index contributed by atoms with van der Waals surface area (Å²) in [4.78, 5) is 11.4. The second kappa shape index (κ2) is 6.13. The number of fused-ring (bicyclic) bond motifs is 1. The minimum absolute atomic E-state index is 0.105. The van der Waals surface area contributed by atoms with E-state index in [-0.39, 0.29) is 5.75 Å². The van der Waals surface area contributed by atoms with Crippen LogP contribution in [0.3, 0.4) is 0 Å². The summed E-state index contributed by atoms with van der Waals surface area (Å²) < 4.78 is 10.1. The molecule has 0 aliphatic carbocycles. The van der Waals surface area contributed by atoms with Crippen molar-refractivity contribution >= 4 is 5.97 Å². The summed E-state index contributed by atoms with van der Waals surface area (Å²) in [6, 6.07) is 3.03. The summed E-state index contributed by atoms with van der Waals surface area (Å²) in [5, 5.41) is 9.64. The normalized spacial score (nSPS) is 11.9. The highest BCUT2D eigenvalue weighted by atomic mass is 16.5. The standard InChI is InChI=1S/C11H12O4.C2H6/c1-2-14-11(13)7-5-9(12)8-3-4-15-10(8)6-7;1-2/h5-6,12H,2-4H2,1H3;1-2H3. The molecule has 0 saturated heterocycles. The van der Waals surface area contributed by atoms with Crippen LogP contribution in [0.2, 0.25) is 0 Å². The van der Waals surface area contributed by atoms with Gasteiger partial charge in [0, 0.05) is 12.0 Å². The van der Waals surface area contributed by atoms with E-state index in [1.165, 1.54) is 6.07 Å². The predicted molar refractivity (Wildman–Crippen MR) is 64.6 cm³/mol. The molecule has 94 valence electrons. The van der Waals surface area contributed by atoms with Crippen molar-refractivity contribution in [3.63, 3.8) is 0 Å². The molecule has 1 aromatic rings. The number of benzene rings is 1. The molecule has 1 heterocycles. The van der Waals surface area contributed by atoms with E-state index in [1.54, 1.807) is 13.0 Å². The molecule has 0 radical (unpaired) electrons. The lowest BCUT2D eigenvalue weighted by Gasteiger charge is -2.05. The Morgan fingerprint density at radius 1 is 1.47 bits per heavy atom. The molecular formula is C13H18O4. The van der Waals surface area contributed by atoms with Crippen molar-refractivity contribution in [2.45, 2.75) is 27.2 Å². The van der Waals surface area contributed by atoms with E-state index in [9.17, 15) is 9.90 Å². The van der Waals surface area contributed by atoms with Crippen molar-refractivity contribution < 1.29 is 19.4 Å². The zero-order chi connectivity index (χ0) is 12.8. The Morgan fingerprint density at radius 2 is 2.18 bits per heavy atom. The molecule has 1 aliphatic heterocycles. The molecule has 0 amide bonds. The summed E-state index contributed by atoms with van der Waals surface area (Å²) >= 11 is 0. The molecular weight excluding hydrogens is 220 g/mol. The van der Waals surface area contributed by atoms with Gasteiger partial charge in [-0.2, -0.15) is 0 Å². The molecule has 0 aromatic heterocycles. The fourth-order valence-corrected chi connectivity index (χ4v) is 1.61. The zero-order valence-corrected chi connectivity index (χ0v) is 10.4. The first-order valence-electron chi connectivity index (χ1n) is 5.88. The van der Waals surface area contributed by atoms with Crippen LogP contribution < -0.4 is 4.74 Å². The Hall–Kier alpha value is -1.71. The van der Waals surface area contributed by atoms with Gasteiger partial charge in [-0.05, 0) is 19.1 Å². The number of hydrogen-bond donors (Lipinski definition) is 1. The lowest BCUT2D eigenvalue weighted by molar-refractivity contribution is 0.0525. The minimum atomic E-state index is -0.439. The Morgan fingerprint density at radius 3 is 2.82 bits per heavy atom. The van der Waals surface area contributed by atoms with Crippen LogP contribution in [0.1, 0.15) is 36.7 Å². The predicted octanol–water partition coefficient (Wildman–Crippen LogP) is 2.53. The van der Waals surface area contributed by atoms with Gasteiger partial charge in [0.25, 0.3) is 0 Å². The van der Waals surface area contributed by atoms with Gasteiger partial charge < -0.3 is 14.6 Å². The van der Waals surface area contributed by atoms with E-state index in [0.29, 0.717) is 30.9 Å². The molecule has 1 N–H and O–H groups in total. The first-order chi connectivity index (χ1) is 8.22. The third-order valence-electron chi connectivity index (χ3n) is 2.31. The van der Waals surface area contributed by atoms with Gasteiger partial charge in [-0.1, -0.05) is 13.8 Å². The summed E-state index contributed by atoms with van der Waals surface area (Å²) in [6.45, 7) is 6.61. The van der Waals surface area contributed by atoms with Crippen LogP contribution in [0.15, 0.2) is 12.1 Å². The van der Waals surface area contributed by atoms with Crippen molar-refractivity contribution in [3.8, 4) is 11.5 Å². The Labute approximate surface area is 101 Å². The second-order valence-electron chi connectivity index (χ2n) is 3.29. The Kier molecular flexibility index (Phi) is 4.82. The minimum Gasteiger partial charge on any atom is -0.508 e. The summed E-state index contributed by atoms with van der Waals surface area (Å²) in [5.74, 6) is 0.247. The monoisotopic (exact) mass is 238 g/mol. The molecule has 17 heavy (non-hydrogen) atoms. The lowest BCUT2D eigenvalue weighted by atomic mass is 10.1. The molecule has 0 atom stereocenters. The van der Waals surface area contributed by atoms with Crippen molar-refractivity contribution in [1.82, 2.24) is 0 Å². The third kappa shape index (κ3) is 2.90. The first-order valence-corrected chi connectivity index (χ1v) is 5.88. The number of hydrogen-bond acceptors (Lipinski definition) is 4. The molecule has 4 heteroatoms. The highest BCUT2D eigenvalue weighted by molar-refractivity contribution is 5.90. The number of carbonyl (C=O) groups excluding carboxylic acids is 1. The molecule has 4 nitrogen and oxygen atoms in total. The topological polar surface area (TPSA) is 55.8 Å². The quantitative estimate of drug-likeness (QED) is 0.804. The van der Waals surface area contributed by atoms with Crippen LogP contribution in [0, 0.1) is 0 Å².